The van der Waals surface area contributed by atoms with Crippen molar-refractivity contribution < 1.29 is 72.9 Å². The summed E-state index contributed by atoms with van der Waals surface area (Å²) in [5, 5.41) is 48.6. The van der Waals surface area contributed by atoms with Crippen molar-refractivity contribution in [2.45, 2.75) is 71.4 Å². The fourth-order valence-electron chi connectivity index (χ4n) is 4.55. The van der Waals surface area contributed by atoms with Crippen LogP contribution < -0.4 is 15.7 Å². The molecule has 312 valence electrons. The molecule has 7 N–H and O–H groups in total. The number of thiazole rings is 2. The second kappa shape index (κ2) is 20.0. The minimum Gasteiger partial charge on any atom is -0.535 e. The van der Waals surface area contributed by atoms with Crippen LogP contribution in [0.1, 0.15) is 75.3 Å². The van der Waals surface area contributed by atoms with E-state index in [0.717, 1.165) is 22.7 Å². The molecule has 21 nitrogen and oxygen atoms in total. The number of nitrogens with one attached hydrogen (secondary N) is 1. The van der Waals surface area contributed by atoms with E-state index in [1.807, 2.05) is 0 Å². The molecule has 4 rings (SSSR count). The molecule has 1 amide bonds. The van der Waals surface area contributed by atoms with Crippen molar-refractivity contribution in [3.05, 3.63) is 50.4 Å². The molecule has 0 aliphatic carbocycles. The lowest BCUT2D eigenvalue weighted by Crippen LogP contribution is -2.37. The second-order valence-corrected chi connectivity index (χ2v) is 16.2. The highest BCUT2D eigenvalue weighted by Crippen LogP contribution is 2.36. The Bertz CT molecular complexity index is 2090. The van der Waals surface area contributed by atoms with Crippen molar-refractivity contribution in [3.63, 3.8) is 0 Å². The summed E-state index contributed by atoms with van der Waals surface area (Å²) in [5.41, 5.74) is 3.62. The first-order chi connectivity index (χ1) is 26.9. The van der Waals surface area contributed by atoms with Crippen LogP contribution >= 0.6 is 34.3 Å². The number of carbonyl (C=O) groups is 6. The van der Waals surface area contributed by atoms with Gasteiger partial charge in [-0.15, -0.1) is 11.3 Å². The quantitative estimate of drug-likeness (QED) is 0.0578. The van der Waals surface area contributed by atoms with Gasteiger partial charge in [-0.3, -0.25) is 10.1 Å². The van der Waals surface area contributed by atoms with E-state index in [4.69, 9.17) is 41.4 Å². The minimum atomic E-state index is -1.49. The molecule has 0 radical (unpaired) electrons. The monoisotopic (exact) mass is 868 g/mol. The number of halogens is 1. The third-order valence-corrected chi connectivity index (χ3v) is 8.49. The summed E-state index contributed by atoms with van der Waals surface area (Å²) in [5.74, 6) is -5.89. The molecule has 0 fully saturated rings. The summed E-state index contributed by atoms with van der Waals surface area (Å²) in [6.07, 6.45) is -0.823. The number of amides is 1. The van der Waals surface area contributed by atoms with E-state index in [2.05, 4.69) is 30.4 Å². The lowest BCUT2D eigenvalue weighted by molar-refractivity contribution is -0.160. The number of ether oxygens (including phenoxy) is 2. The molecule has 1 atom stereocenters. The number of aromatic carboxylic acids is 1. The smallest absolute Gasteiger partial charge is 0.526 e. The maximum absolute atomic E-state index is 12.8. The van der Waals surface area contributed by atoms with Gasteiger partial charge < -0.3 is 49.9 Å². The first kappa shape index (κ1) is 46.5. The number of carboxylic acid groups (broad SMARTS) is 3. The van der Waals surface area contributed by atoms with Crippen molar-refractivity contribution in [2.24, 2.45) is 10.3 Å². The topological polar surface area (TPSA) is 318 Å². The Kier molecular flexibility index (Phi) is 16.1. The summed E-state index contributed by atoms with van der Waals surface area (Å²) in [4.78, 5) is 87.0. The Balaban J connectivity index is 0.000000311. The number of anilines is 2. The SMILES string of the molecule is CC(C)(C)OC(=O)CO/N=C(\C(=O)O)c1nc(NC(=O)OC(C)(C)C)sc1Cl.Nc1nc(/C(=N/OCC(=O)O)C(=O)C[C@H]2Cc3cccc(C(=O)O)c3OB2O)cs1. The summed E-state index contributed by atoms with van der Waals surface area (Å²) >= 11 is 7.88. The van der Waals surface area contributed by atoms with E-state index in [1.165, 1.54) is 11.4 Å². The molecular weight excluding hydrogens is 831 g/mol. The normalized spacial score (nSPS) is 14.1. The number of aliphatic carboxylic acids is 2. The number of aromatic nitrogens is 2. The molecule has 1 aliphatic heterocycles. The van der Waals surface area contributed by atoms with Crippen LogP contribution in [-0.2, 0) is 44.7 Å². The van der Waals surface area contributed by atoms with Crippen LogP contribution in [0.25, 0.3) is 0 Å². The fourth-order valence-corrected chi connectivity index (χ4v) is 6.12. The van der Waals surface area contributed by atoms with Crippen molar-refractivity contribution in [2.75, 3.05) is 24.3 Å². The van der Waals surface area contributed by atoms with E-state index < -0.39 is 78.8 Å². The largest absolute Gasteiger partial charge is 0.535 e. The number of rotatable bonds is 14. The number of carboxylic acids is 3. The molecule has 1 aromatic carbocycles. The van der Waals surface area contributed by atoms with Gasteiger partial charge >= 0.3 is 37.1 Å². The number of carbonyl (C=O) groups excluding carboxylic acids is 3. The van der Waals surface area contributed by atoms with Gasteiger partial charge in [-0.1, -0.05) is 45.4 Å². The van der Waals surface area contributed by atoms with E-state index >= 15 is 0 Å². The molecule has 0 unspecified atom stereocenters. The van der Waals surface area contributed by atoms with Crippen LogP contribution in [0.3, 0.4) is 0 Å². The summed E-state index contributed by atoms with van der Waals surface area (Å²) in [7, 11) is -1.43. The molecule has 3 heterocycles. The Morgan fingerprint density at radius 3 is 2.19 bits per heavy atom. The lowest BCUT2D eigenvalue weighted by Gasteiger charge is -2.27. The van der Waals surface area contributed by atoms with Gasteiger partial charge in [-0.25, -0.2) is 33.9 Å². The molecule has 2 aromatic heterocycles. The number of nitrogens with zero attached hydrogens (tertiary/aromatic N) is 4. The molecule has 1 aliphatic rings. The van der Waals surface area contributed by atoms with E-state index in [1.54, 1.807) is 53.7 Å². The molecule has 3 aromatic rings. The number of para-hydroxylation sites is 1. The average Bonchev–Trinajstić information content (AvgIpc) is 3.67. The fraction of sp³-hybridized carbons (Fsp3) is 0.394. The van der Waals surface area contributed by atoms with Crippen LogP contribution in [0.5, 0.6) is 5.75 Å². The Hall–Kier alpha value is -5.85. The number of benzene rings is 1. The van der Waals surface area contributed by atoms with Gasteiger partial charge in [0.2, 0.25) is 18.9 Å². The van der Waals surface area contributed by atoms with E-state index in [9.17, 15) is 44.0 Å². The number of hydrogen-bond acceptors (Lipinski definition) is 19. The number of hydrogen-bond donors (Lipinski definition) is 6. The van der Waals surface area contributed by atoms with Crippen molar-refractivity contribution >= 4 is 98.8 Å². The summed E-state index contributed by atoms with van der Waals surface area (Å²) in [6.45, 7) is 8.72. The molecule has 25 heteroatoms. The number of fused-ring (bicyclic) bond motifs is 1. The first-order valence-corrected chi connectivity index (χ1v) is 18.7. The average molecular weight is 869 g/mol. The second-order valence-electron chi connectivity index (χ2n) is 13.8. The summed E-state index contributed by atoms with van der Waals surface area (Å²) < 4.78 is 15.4. The van der Waals surface area contributed by atoms with Gasteiger partial charge in [0.25, 0.3) is 0 Å². The Morgan fingerprint density at radius 1 is 0.983 bits per heavy atom. The highest BCUT2D eigenvalue weighted by Gasteiger charge is 2.39. The maximum Gasteiger partial charge on any atom is 0.526 e. The van der Waals surface area contributed by atoms with Crippen molar-refractivity contribution in [3.8, 4) is 5.75 Å². The minimum absolute atomic E-state index is 0.00958. The number of nitrogen functional groups attached to an aromatic ring is 1. The highest BCUT2D eigenvalue weighted by atomic mass is 35.5. The molecular formula is C33H38BClN6O15S2. The number of esters is 1. The standard InChI is InChI=1S/C17H16BN3O8S.C16H22ClN3O7S/c19-17-20-11(7-30-17)14(21-28-6-13(23)24)12(22)5-9-4-8-2-1-3-10(16(25)26)15(8)29-18(9)27;1-15(2,3)26-8(21)7-25-20-10(12(22)23)9-11(17)28-13(18-9)19-14(24)27-16(4,5)6/h1-3,7,9,27H,4-6H2,(H2,19,20)(H,23,24)(H,25,26);7H2,1-6H3,(H,22,23)(H,18,19,24)/b21-14-;20-10-/t9-;/m1./s1. The molecule has 58 heavy (non-hydrogen) atoms. The van der Waals surface area contributed by atoms with Gasteiger partial charge in [0.15, 0.2) is 21.8 Å². The zero-order chi connectivity index (χ0) is 43.5. The Morgan fingerprint density at radius 2 is 1.62 bits per heavy atom. The number of nitrogens with two attached hydrogens (primary N) is 1. The first-order valence-electron chi connectivity index (χ1n) is 16.6. The van der Waals surface area contributed by atoms with Gasteiger partial charge in [0.1, 0.15) is 32.7 Å². The highest BCUT2D eigenvalue weighted by molar-refractivity contribution is 7.20. The summed E-state index contributed by atoms with van der Waals surface area (Å²) in [6, 6.07) is 4.56. The van der Waals surface area contributed by atoms with E-state index in [-0.39, 0.29) is 55.9 Å². The van der Waals surface area contributed by atoms with Gasteiger partial charge in [0.05, 0.1) is 5.56 Å². The van der Waals surface area contributed by atoms with Crippen molar-refractivity contribution in [1.82, 2.24) is 9.97 Å². The third kappa shape index (κ3) is 14.6. The van der Waals surface area contributed by atoms with Gasteiger partial charge in [0, 0.05) is 17.6 Å². The molecule has 0 saturated carbocycles. The maximum atomic E-state index is 12.8. The number of oxime groups is 2. The van der Waals surface area contributed by atoms with Crippen LogP contribution in [-0.4, -0.2) is 109 Å². The van der Waals surface area contributed by atoms with Crippen molar-refractivity contribution in [1.29, 1.82) is 0 Å². The van der Waals surface area contributed by atoms with Gasteiger partial charge in [-0.2, -0.15) is 0 Å². The number of ketones is 1. The molecule has 0 saturated heterocycles. The zero-order valence-electron chi connectivity index (χ0n) is 31.6. The van der Waals surface area contributed by atoms with Crippen LogP contribution in [0.15, 0.2) is 33.9 Å². The lowest BCUT2D eigenvalue weighted by atomic mass is 9.64. The van der Waals surface area contributed by atoms with E-state index in [0.29, 0.717) is 5.56 Å². The van der Waals surface area contributed by atoms with Gasteiger partial charge in [-0.05, 0) is 59.6 Å². The van der Waals surface area contributed by atoms with Crippen LogP contribution in [0.4, 0.5) is 15.1 Å². The predicted octanol–water partition coefficient (Wildman–Crippen LogP) is 3.96. The predicted molar refractivity (Wildman–Crippen MR) is 209 cm³/mol. The van der Waals surface area contributed by atoms with Crippen LogP contribution in [0.2, 0.25) is 10.2 Å². The molecule has 0 bridgehead atoms. The third-order valence-electron chi connectivity index (χ3n) is 6.65. The number of Topliss-reactive ketones (excluding diaryl/α,β-unsaturated/α-hetero) is 1. The molecule has 0 spiro atoms. The zero-order valence-corrected chi connectivity index (χ0v) is 34.0. The van der Waals surface area contributed by atoms with Crippen LogP contribution in [0, 0.1) is 0 Å². The Labute approximate surface area is 342 Å².